The Morgan fingerprint density at radius 1 is 1.03 bits per heavy atom. The van der Waals surface area contributed by atoms with Crippen molar-refractivity contribution in [1.29, 1.82) is 0 Å². The van der Waals surface area contributed by atoms with Crippen LogP contribution >= 0.6 is 11.3 Å². The van der Waals surface area contributed by atoms with Crippen molar-refractivity contribution >= 4 is 34.4 Å². The first-order valence-electron chi connectivity index (χ1n) is 10.3. The van der Waals surface area contributed by atoms with E-state index in [1.54, 1.807) is 25.3 Å². The van der Waals surface area contributed by atoms with Gasteiger partial charge in [0.1, 0.15) is 5.70 Å². The van der Waals surface area contributed by atoms with Crippen LogP contribution in [0, 0.1) is 0 Å². The molecule has 0 unspecified atom stereocenters. The highest BCUT2D eigenvalue weighted by Gasteiger charge is 2.43. The molecule has 0 spiro atoms. The Balaban J connectivity index is 1.75. The lowest BCUT2D eigenvalue weighted by Gasteiger charge is -2.36. The van der Waals surface area contributed by atoms with Crippen LogP contribution in [0.15, 0.2) is 41.4 Å². The molecule has 0 aliphatic carbocycles. The van der Waals surface area contributed by atoms with Crippen LogP contribution in [-0.4, -0.2) is 69.1 Å². The highest BCUT2D eigenvalue weighted by atomic mass is 32.1. The summed E-state index contributed by atoms with van der Waals surface area (Å²) >= 11 is 1.47. The molecule has 1 aromatic heterocycles. The van der Waals surface area contributed by atoms with Gasteiger partial charge in [-0.1, -0.05) is 6.07 Å². The molecule has 2 aliphatic heterocycles. The van der Waals surface area contributed by atoms with Crippen LogP contribution < -0.4 is 14.4 Å². The van der Waals surface area contributed by atoms with Gasteiger partial charge in [0.2, 0.25) is 0 Å². The van der Waals surface area contributed by atoms with Gasteiger partial charge in [-0.15, -0.1) is 11.3 Å². The Bertz CT molecular complexity index is 1010. The molecule has 0 radical (unpaired) electrons. The smallest absolute Gasteiger partial charge is 0.282 e. The van der Waals surface area contributed by atoms with Crippen molar-refractivity contribution in [3.63, 3.8) is 0 Å². The van der Waals surface area contributed by atoms with Crippen LogP contribution in [0.2, 0.25) is 0 Å². The molecule has 1 aromatic carbocycles. The number of likely N-dealkylation sites (N-methyl/N-ethyl adjacent to an activating group) is 1. The Morgan fingerprint density at radius 2 is 1.74 bits per heavy atom. The van der Waals surface area contributed by atoms with Crippen LogP contribution in [0.25, 0.3) is 5.57 Å². The quantitative estimate of drug-likeness (QED) is 0.642. The monoisotopic (exact) mass is 441 g/mol. The van der Waals surface area contributed by atoms with E-state index in [1.807, 2.05) is 29.5 Å². The maximum absolute atomic E-state index is 13.7. The van der Waals surface area contributed by atoms with Crippen molar-refractivity contribution < 1.29 is 19.1 Å². The SMILES string of the molecule is COc1ccc(N2C(=O)C(c3cccs3)=C(N(C)C3CCN(C)CC3)C2=O)cc1OC. The molecule has 7 nitrogen and oxygen atoms in total. The molecule has 0 atom stereocenters. The van der Waals surface area contributed by atoms with Crippen LogP contribution in [0.3, 0.4) is 0 Å². The topological polar surface area (TPSA) is 62.3 Å². The minimum atomic E-state index is -0.311. The molecular formula is C23H27N3O4S. The summed E-state index contributed by atoms with van der Waals surface area (Å²) in [5.41, 5.74) is 1.40. The number of thiophene rings is 1. The van der Waals surface area contributed by atoms with Gasteiger partial charge in [-0.25, -0.2) is 4.90 Å². The number of carbonyl (C=O) groups excluding carboxylic acids is 2. The van der Waals surface area contributed by atoms with Gasteiger partial charge in [-0.3, -0.25) is 9.59 Å². The molecular weight excluding hydrogens is 414 g/mol. The first-order valence-corrected chi connectivity index (χ1v) is 11.1. The second-order valence-corrected chi connectivity index (χ2v) is 8.78. The van der Waals surface area contributed by atoms with E-state index in [-0.39, 0.29) is 17.9 Å². The van der Waals surface area contributed by atoms with Crippen molar-refractivity contribution in [2.24, 2.45) is 0 Å². The van der Waals surface area contributed by atoms with E-state index in [9.17, 15) is 9.59 Å². The Hall–Kier alpha value is -2.84. The number of rotatable bonds is 6. The van der Waals surface area contributed by atoms with Crippen molar-refractivity contribution in [3.05, 3.63) is 46.3 Å². The molecule has 0 N–H and O–H groups in total. The molecule has 1 fully saturated rings. The lowest BCUT2D eigenvalue weighted by Crippen LogP contribution is -2.43. The number of hydrogen-bond acceptors (Lipinski definition) is 7. The maximum atomic E-state index is 13.7. The van der Waals surface area contributed by atoms with Crippen LogP contribution in [-0.2, 0) is 9.59 Å². The van der Waals surface area contributed by atoms with E-state index in [1.165, 1.54) is 23.3 Å². The number of nitrogens with zero attached hydrogens (tertiary/aromatic N) is 3. The first kappa shape index (κ1) is 21.4. The fourth-order valence-corrected chi connectivity index (χ4v) is 5.01. The number of hydrogen-bond donors (Lipinski definition) is 0. The summed E-state index contributed by atoms with van der Waals surface area (Å²) in [5.74, 6) is 0.396. The minimum Gasteiger partial charge on any atom is -0.493 e. The van der Waals surface area contributed by atoms with Gasteiger partial charge < -0.3 is 19.3 Å². The number of benzene rings is 1. The number of amides is 2. The van der Waals surface area contributed by atoms with Crippen molar-refractivity contribution in [3.8, 4) is 11.5 Å². The predicted molar refractivity (Wildman–Crippen MR) is 122 cm³/mol. The van der Waals surface area contributed by atoms with Gasteiger partial charge in [0, 0.05) is 24.0 Å². The summed E-state index contributed by atoms with van der Waals surface area (Å²) in [6.45, 7) is 1.94. The van der Waals surface area contributed by atoms with E-state index in [0.29, 0.717) is 28.5 Å². The standard InChI is InChI=1S/C23H27N3O4S/c1-24-11-9-15(10-12-24)25(2)21-20(19-6-5-13-31-19)22(27)26(23(21)28)16-7-8-17(29-3)18(14-16)30-4/h5-8,13-15H,9-12H2,1-4H3. The van der Waals surface area contributed by atoms with Crippen molar-refractivity contribution in [2.45, 2.75) is 18.9 Å². The van der Waals surface area contributed by atoms with Gasteiger partial charge in [0.15, 0.2) is 11.5 Å². The fraction of sp³-hybridized carbons (Fsp3) is 0.391. The van der Waals surface area contributed by atoms with E-state index in [2.05, 4.69) is 11.9 Å². The third-order valence-corrected chi connectivity index (χ3v) is 6.93. The molecule has 4 rings (SSSR count). The number of imide groups is 1. The molecule has 0 saturated carbocycles. The number of methoxy groups -OCH3 is 2. The normalized spacial score (nSPS) is 18.1. The average molecular weight is 442 g/mol. The number of piperidine rings is 1. The van der Waals surface area contributed by atoms with Gasteiger partial charge in [-0.2, -0.15) is 0 Å². The van der Waals surface area contributed by atoms with Crippen molar-refractivity contribution in [2.75, 3.05) is 46.3 Å². The largest absolute Gasteiger partial charge is 0.493 e. The van der Waals surface area contributed by atoms with Crippen LogP contribution in [0.1, 0.15) is 17.7 Å². The highest BCUT2D eigenvalue weighted by molar-refractivity contribution is 7.11. The minimum absolute atomic E-state index is 0.211. The first-order chi connectivity index (χ1) is 15.0. The summed E-state index contributed by atoms with van der Waals surface area (Å²) in [5, 5.41) is 1.92. The summed E-state index contributed by atoms with van der Waals surface area (Å²) in [6.07, 6.45) is 1.90. The molecule has 31 heavy (non-hydrogen) atoms. The number of anilines is 1. The molecule has 164 valence electrons. The highest BCUT2D eigenvalue weighted by Crippen LogP contribution is 2.40. The average Bonchev–Trinajstić information content (AvgIpc) is 3.39. The lowest BCUT2D eigenvalue weighted by molar-refractivity contribution is -0.120. The third-order valence-electron chi connectivity index (χ3n) is 6.04. The third kappa shape index (κ3) is 3.81. The Morgan fingerprint density at radius 3 is 2.35 bits per heavy atom. The predicted octanol–water partition coefficient (Wildman–Crippen LogP) is 3.08. The molecule has 2 aliphatic rings. The van der Waals surface area contributed by atoms with Gasteiger partial charge in [-0.05, 0) is 56.6 Å². The van der Waals surface area contributed by atoms with Crippen LogP contribution in [0.5, 0.6) is 11.5 Å². The van der Waals surface area contributed by atoms with E-state index in [0.717, 1.165) is 30.8 Å². The summed E-state index contributed by atoms with van der Waals surface area (Å²) < 4.78 is 10.7. The second-order valence-electron chi connectivity index (χ2n) is 7.83. The Kier molecular flexibility index (Phi) is 6.02. The zero-order valence-corrected chi connectivity index (χ0v) is 19.1. The zero-order valence-electron chi connectivity index (χ0n) is 18.3. The zero-order chi connectivity index (χ0) is 22.1. The van der Waals surface area contributed by atoms with E-state index < -0.39 is 0 Å². The lowest BCUT2D eigenvalue weighted by atomic mass is 10.0. The van der Waals surface area contributed by atoms with Gasteiger partial charge >= 0.3 is 0 Å². The number of ether oxygens (including phenoxy) is 2. The summed E-state index contributed by atoms with van der Waals surface area (Å²) in [7, 11) is 7.12. The molecule has 2 aromatic rings. The second kappa shape index (κ2) is 8.72. The van der Waals surface area contributed by atoms with Gasteiger partial charge in [0.05, 0.1) is 25.5 Å². The Labute approximate surface area is 186 Å². The van der Waals surface area contributed by atoms with Crippen molar-refractivity contribution in [1.82, 2.24) is 9.80 Å². The number of carbonyl (C=O) groups is 2. The molecule has 2 amide bonds. The fourth-order valence-electron chi connectivity index (χ4n) is 4.25. The summed E-state index contributed by atoms with van der Waals surface area (Å²) in [6, 6.07) is 9.09. The van der Waals surface area contributed by atoms with Crippen LogP contribution in [0.4, 0.5) is 5.69 Å². The molecule has 1 saturated heterocycles. The van der Waals surface area contributed by atoms with Gasteiger partial charge in [0.25, 0.3) is 11.8 Å². The van der Waals surface area contributed by atoms with E-state index in [4.69, 9.17) is 9.47 Å². The number of likely N-dealkylation sites (tertiary alicyclic amines) is 1. The molecule has 0 bridgehead atoms. The molecule has 3 heterocycles. The maximum Gasteiger partial charge on any atom is 0.282 e. The van der Waals surface area contributed by atoms with E-state index >= 15 is 0 Å². The molecule has 8 heteroatoms. The summed E-state index contributed by atoms with van der Waals surface area (Å²) in [4.78, 5) is 33.6.